The Morgan fingerprint density at radius 3 is 3.07 bits per heavy atom. The van der Waals surface area contributed by atoms with Gasteiger partial charge in [-0.15, -0.1) is 0 Å². The van der Waals surface area contributed by atoms with E-state index in [1.54, 1.807) is 18.1 Å². The molecule has 1 aromatic heterocycles. The summed E-state index contributed by atoms with van der Waals surface area (Å²) in [5.74, 6) is 1.98. The molecule has 0 fully saturated rings. The van der Waals surface area contributed by atoms with Crippen LogP contribution in [-0.4, -0.2) is 32.8 Å². The predicted octanol–water partition coefficient (Wildman–Crippen LogP) is 0.921. The molecule has 0 aliphatic carbocycles. The standard InChI is InChI=1S/C9H18N4S/c1-3-4-13-9(11-7-12-13)5-8(10)6-14-2/h7-8H,3-6,10H2,1-2H3. The topological polar surface area (TPSA) is 56.7 Å². The lowest BCUT2D eigenvalue weighted by Gasteiger charge is -2.09. The van der Waals surface area contributed by atoms with Crippen molar-refractivity contribution in [1.29, 1.82) is 0 Å². The molecule has 0 aliphatic heterocycles. The average Bonchev–Trinajstić information content (AvgIpc) is 2.54. The number of hydrogen-bond donors (Lipinski definition) is 1. The Balaban J connectivity index is 2.52. The molecule has 0 saturated carbocycles. The number of aryl methyl sites for hydroxylation is 1. The highest BCUT2D eigenvalue weighted by Gasteiger charge is 2.08. The second-order valence-corrected chi connectivity index (χ2v) is 4.23. The van der Waals surface area contributed by atoms with Gasteiger partial charge in [0, 0.05) is 24.8 Å². The summed E-state index contributed by atoms with van der Waals surface area (Å²) in [6.07, 6.45) is 5.57. The van der Waals surface area contributed by atoms with E-state index in [2.05, 4.69) is 23.3 Å². The predicted molar refractivity (Wildman–Crippen MR) is 60.4 cm³/mol. The number of thioether (sulfide) groups is 1. The van der Waals surface area contributed by atoms with Crippen LogP contribution in [0, 0.1) is 0 Å². The molecule has 1 rings (SSSR count). The molecule has 0 bridgehead atoms. The van der Waals surface area contributed by atoms with E-state index in [-0.39, 0.29) is 6.04 Å². The van der Waals surface area contributed by atoms with E-state index in [0.717, 1.165) is 31.0 Å². The molecule has 1 heterocycles. The summed E-state index contributed by atoms with van der Waals surface area (Å²) in [5, 5.41) is 4.16. The van der Waals surface area contributed by atoms with E-state index in [0.29, 0.717) is 0 Å². The SMILES string of the molecule is CCCn1ncnc1CC(N)CSC. The number of nitrogens with zero attached hydrogens (tertiary/aromatic N) is 3. The molecule has 0 amide bonds. The van der Waals surface area contributed by atoms with Crippen molar-refractivity contribution in [3.05, 3.63) is 12.2 Å². The number of hydrogen-bond acceptors (Lipinski definition) is 4. The minimum Gasteiger partial charge on any atom is -0.327 e. The molecule has 14 heavy (non-hydrogen) atoms. The Hall–Kier alpha value is -0.550. The van der Waals surface area contributed by atoms with Crippen LogP contribution in [0.25, 0.3) is 0 Å². The summed E-state index contributed by atoms with van der Waals surface area (Å²) in [4.78, 5) is 4.22. The van der Waals surface area contributed by atoms with Crippen LogP contribution in [0.1, 0.15) is 19.2 Å². The van der Waals surface area contributed by atoms with Crippen molar-refractivity contribution >= 4 is 11.8 Å². The summed E-state index contributed by atoms with van der Waals surface area (Å²) in [6, 6.07) is 0.185. The summed E-state index contributed by atoms with van der Waals surface area (Å²) >= 11 is 1.77. The maximum atomic E-state index is 5.94. The van der Waals surface area contributed by atoms with Crippen molar-refractivity contribution in [2.45, 2.75) is 32.4 Å². The van der Waals surface area contributed by atoms with E-state index in [1.807, 2.05) is 4.68 Å². The maximum Gasteiger partial charge on any atom is 0.138 e. The number of rotatable bonds is 6. The van der Waals surface area contributed by atoms with Gasteiger partial charge in [-0.3, -0.25) is 4.68 Å². The van der Waals surface area contributed by atoms with Crippen molar-refractivity contribution in [3.63, 3.8) is 0 Å². The molecule has 0 saturated heterocycles. The molecule has 0 aromatic carbocycles. The molecule has 1 aromatic rings. The smallest absolute Gasteiger partial charge is 0.138 e. The summed E-state index contributed by atoms with van der Waals surface area (Å²) in [5.41, 5.74) is 5.94. The van der Waals surface area contributed by atoms with E-state index < -0.39 is 0 Å². The van der Waals surface area contributed by atoms with E-state index in [9.17, 15) is 0 Å². The first-order valence-electron chi connectivity index (χ1n) is 4.89. The monoisotopic (exact) mass is 214 g/mol. The first kappa shape index (κ1) is 11.5. The molecule has 2 N–H and O–H groups in total. The van der Waals surface area contributed by atoms with Crippen LogP contribution in [0.5, 0.6) is 0 Å². The fourth-order valence-electron chi connectivity index (χ4n) is 1.35. The van der Waals surface area contributed by atoms with E-state index in [4.69, 9.17) is 5.73 Å². The van der Waals surface area contributed by atoms with Gasteiger partial charge in [-0.05, 0) is 12.7 Å². The number of nitrogens with two attached hydrogens (primary N) is 1. The number of aromatic nitrogens is 3. The first-order chi connectivity index (χ1) is 6.77. The molecule has 1 unspecified atom stereocenters. The second-order valence-electron chi connectivity index (χ2n) is 3.32. The van der Waals surface area contributed by atoms with Crippen LogP contribution in [0.4, 0.5) is 0 Å². The van der Waals surface area contributed by atoms with Crippen LogP contribution in [-0.2, 0) is 13.0 Å². The van der Waals surface area contributed by atoms with Gasteiger partial charge in [0.1, 0.15) is 12.2 Å². The summed E-state index contributed by atoms with van der Waals surface area (Å²) in [6.45, 7) is 3.06. The highest BCUT2D eigenvalue weighted by molar-refractivity contribution is 7.98. The summed E-state index contributed by atoms with van der Waals surface area (Å²) in [7, 11) is 0. The molecule has 0 spiro atoms. The zero-order valence-corrected chi connectivity index (χ0v) is 9.63. The second kappa shape index (κ2) is 6.03. The van der Waals surface area contributed by atoms with Crippen molar-refractivity contribution in [3.8, 4) is 0 Å². The van der Waals surface area contributed by atoms with Gasteiger partial charge in [-0.1, -0.05) is 6.92 Å². The fourth-order valence-corrected chi connectivity index (χ4v) is 1.90. The third kappa shape index (κ3) is 3.31. The largest absolute Gasteiger partial charge is 0.327 e. The third-order valence-electron chi connectivity index (χ3n) is 1.96. The van der Waals surface area contributed by atoms with Crippen LogP contribution in [0.2, 0.25) is 0 Å². The third-order valence-corrected chi connectivity index (χ3v) is 2.72. The molecular weight excluding hydrogens is 196 g/mol. The lowest BCUT2D eigenvalue weighted by atomic mass is 10.2. The molecule has 0 aliphatic rings. The normalized spacial score (nSPS) is 13.1. The van der Waals surface area contributed by atoms with Crippen LogP contribution in [0.15, 0.2) is 6.33 Å². The Morgan fingerprint density at radius 2 is 2.43 bits per heavy atom. The van der Waals surface area contributed by atoms with E-state index in [1.165, 1.54) is 0 Å². The van der Waals surface area contributed by atoms with Gasteiger partial charge in [0.15, 0.2) is 0 Å². The van der Waals surface area contributed by atoms with Crippen molar-refractivity contribution in [2.24, 2.45) is 5.73 Å². The average molecular weight is 214 g/mol. The van der Waals surface area contributed by atoms with Crippen molar-refractivity contribution in [2.75, 3.05) is 12.0 Å². The zero-order chi connectivity index (χ0) is 10.4. The van der Waals surface area contributed by atoms with Gasteiger partial charge < -0.3 is 5.73 Å². The zero-order valence-electron chi connectivity index (χ0n) is 8.81. The molecule has 1 atom stereocenters. The van der Waals surface area contributed by atoms with Crippen LogP contribution >= 0.6 is 11.8 Å². The van der Waals surface area contributed by atoms with Gasteiger partial charge >= 0.3 is 0 Å². The molecule has 0 radical (unpaired) electrons. The van der Waals surface area contributed by atoms with Crippen molar-refractivity contribution in [1.82, 2.24) is 14.8 Å². The molecule has 80 valence electrons. The Morgan fingerprint density at radius 1 is 1.64 bits per heavy atom. The Bertz CT molecular complexity index is 261. The Kier molecular flexibility index (Phi) is 4.97. The fraction of sp³-hybridized carbons (Fsp3) is 0.778. The molecule has 4 nitrogen and oxygen atoms in total. The van der Waals surface area contributed by atoms with E-state index >= 15 is 0 Å². The van der Waals surface area contributed by atoms with Gasteiger partial charge in [0.05, 0.1) is 0 Å². The van der Waals surface area contributed by atoms with Gasteiger partial charge in [0.2, 0.25) is 0 Å². The van der Waals surface area contributed by atoms with Crippen molar-refractivity contribution < 1.29 is 0 Å². The summed E-state index contributed by atoms with van der Waals surface area (Å²) < 4.78 is 1.94. The van der Waals surface area contributed by atoms with Gasteiger partial charge in [0.25, 0.3) is 0 Å². The van der Waals surface area contributed by atoms with Crippen LogP contribution < -0.4 is 5.73 Å². The Labute approximate surface area is 89.3 Å². The minimum atomic E-state index is 0.185. The van der Waals surface area contributed by atoms with Gasteiger partial charge in [-0.25, -0.2) is 4.98 Å². The maximum absolute atomic E-state index is 5.94. The highest BCUT2D eigenvalue weighted by Crippen LogP contribution is 2.03. The minimum absolute atomic E-state index is 0.185. The highest BCUT2D eigenvalue weighted by atomic mass is 32.2. The molecule has 5 heteroatoms. The van der Waals surface area contributed by atoms with Crippen LogP contribution in [0.3, 0.4) is 0 Å². The first-order valence-corrected chi connectivity index (χ1v) is 6.28. The molecular formula is C9H18N4S. The quantitative estimate of drug-likeness (QED) is 0.765. The lowest BCUT2D eigenvalue weighted by Crippen LogP contribution is -2.27. The lowest BCUT2D eigenvalue weighted by molar-refractivity contribution is 0.553. The van der Waals surface area contributed by atoms with Gasteiger partial charge in [-0.2, -0.15) is 16.9 Å².